The molecule has 3 aromatic carbocycles. The molecule has 29 heavy (non-hydrogen) atoms. The van der Waals surface area contributed by atoms with Crippen molar-refractivity contribution < 1.29 is 9.59 Å². The number of carbonyl (C=O) groups excluding carboxylic acids is 2. The predicted octanol–water partition coefficient (Wildman–Crippen LogP) is 3.87. The van der Waals surface area contributed by atoms with Crippen LogP contribution in [0.1, 0.15) is 27.5 Å². The summed E-state index contributed by atoms with van der Waals surface area (Å²) in [5.41, 5.74) is 10.9. The van der Waals surface area contributed by atoms with Gasteiger partial charge in [0.15, 0.2) is 0 Å². The van der Waals surface area contributed by atoms with Crippen molar-refractivity contribution in [1.82, 2.24) is 9.88 Å². The van der Waals surface area contributed by atoms with E-state index in [4.69, 9.17) is 5.73 Å². The summed E-state index contributed by atoms with van der Waals surface area (Å²) >= 11 is 0. The minimum atomic E-state index is -0.530. The van der Waals surface area contributed by atoms with Crippen molar-refractivity contribution in [2.45, 2.75) is 6.04 Å². The number of rotatable bonds is 4. The molecule has 0 unspecified atom stereocenters. The summed E-state index contributed by atoms with van der Waals surface area (Å²) in [4.78, 5) is 30.0. The normalized spacial score (nSPS) is 15.7. The molecular weight excluding hydrogens is 362 g/mol. The second-order valence-electron chi connectivity index (χ2n) is 7.21. The van der Waals surface area contributed by atoms with Crippen molar-refractivity contribution in [3.63, 3.8) is 0 Å². The summed E-state index contributed by atoms with van der Waals surface area (Å²) in [5.74, 6) is -0.703. The molecule has 2 amide bonds. The standard InChI is InChI=1S/C24H19N3O2/c25-20(28)14-27-23(16-10-4-5-11-17(16)24(27)29)21-18-12-6-7-13-19(18)26-22(21)15-8-2-1-3-9-15/h1-13,23,26H,14H2,(H2,25,28)/t23-/m1/s1. The smallest absolute Gasteiger partial charge is 0.255 e. The number of nitrogens with two attached hydrogens (primary N) is 1. The molecule has 0 spiro atoms. The van der Waals surface area contributed by atoms with Gasteiger partial charge in [0, 0.05) is 22.0 Å². The first-order chi connectivity index (χ1) is 14.1. The lowest BCUT2D eigenvalue weighted by Gasteiger charge is -2.25. The number of aromatic nitrogens is 1. The summed E-state index contributed by atoms with van der Waals surface area (Å²) in [5, 5.41) is 1.02. The van der Waals surface area contributed by atoms with Gasteiger partial charge in [-0.3, -0.25) is 9.59 Å². The Balaban J connectivity index is 1.82. The van der Waals surface area contributed by atoms with Gasteiger partial charge in [-0.2, -0.15) is 0 Å². The number of para-hydroxylation sites is 1. The van der Waals surface area contributed by atoms with E-state index in [2.05, 4.69) is 4.98 Å². The zero-order valence-corrected chi connectivity index (χ0v) is 15.6. The zero-order valence-electron chi connectivity index (χ0n) is 15.6. The molecule has 142 valence electrons. The molecule has 1 atom stereocenters. The number of H-pyrrole nitrogens is 1. The van der Waals surface area contributed by atoms with Gasteiger partial charge in [-0.05, 0) is 23.3 Å². The molecular formula is C24H19N3O2. The Labute approximate surface area is 167 Å². The van der Waals surface area contributed by atoms with Gasteiger partial charge in [0.05, 0.1) is 11.7 Å². The Bertz CT molecular complexity index is 1240. The van der Waals surface area contributed by atoms with E-state index in [0.717, 1.165) is 33.3 Å². The molecule has 5 nitrogen and oxygen atoms in total. The summed E-state index contributed by atoms with van der Waals surface area (Å²) in [6.07, 6.45) is 0. The molecule has 5 heteroatoms. The molecule has 4 aromatic rings. The van der Waals surface area contributed by atoms with Gasteiger partial charge in [-0.25, -0.2) is 0 Å². The number of nitrogens with zero attached hydrogens (tertiary/aromatic N) is 1. The van der Waals surface area contributed by atoms with Crippen LogP contribution in [-0.4, -0.2) is 28.2 Å². The molecule has 0 saturated carbocycles. The predicted molar refractivity (Wildman–Crippen MR) is 112 cm³/mol. The van der Waals surface area contributed by atoms with E-state index in [1.807, 2.05) is 78.9 Å². The molecule has 5 rings (SSSR count). The molecule has 0 saturated heterocycles. The van der Waals surface area contributed by atoms with Crippen LogP contribution >= 0.6 is 0 Å². The molecule has 0 bridgehead atoms. The number of hydrogen-bond acceptors (Lipinski definition) is 2. The van der Waals surface area contributed by atoms with Crippen LogP contribution in [0.2, 0.25) is 0 Å². The highest BCUT2D eigenvalue weighted by atomic mass is 16.2. The van der Waals surface area contributed by atoms with Gasteiger partial charge in [-0.15, -0.1) is 0 Å². The third-order valence-electron chi connectivity index (χ3n) is 5.47. The zero-order chi connectivity index (χ0) is 20.0. The Kier molecular flexibility index (Phi) is 3.95. The highest BCUT2D eigenvalue weighted by Gasteiger charge is 2.40. The van der Waals surface area contributed by atoms with E-state index in [1.165, 1.54) is 0 Å². The van der Waals surface area contributed by atoms with Crippen LogP contribution in [0, 0.1) is 0 Å². The van der Waals surface area contributed by atoms with Crippen LogP contribution in [0.5, 0.6) is 0 Å². The van der Waals surface area contributed by atoms with Crippen molar-refractivity contribution in [3.8, 4) is 11.3 Å². The lowest BCUT2D eigenvalue weighted by atomic mass is 9.93. The van der Waals surface area contributed by atoms with Gasteiger partial charge in [0.25, 0.3) is 5.91 Å². The fraction of sp³-hybridized carbons (Fsp3) is 0.0833. The minimum Gasteiger partial charge on any atom is -0.368 e. The maximum absolute atomic E-state index is 13.1. The number of fused-ring (bicyclic) bond motifs is 2. The highest BCUT2D eigenvalue weighted by Crippen LogP contribution is 2.45. The minimum absolute atomic E-state index is 0.133. The number of hydrogen-bond donors (Lipinski definition) is 2. The lowest BCUT2D eigenvalue weighted by Crippen LogP contribution is -2.37. The first kappa shape index (κ1) is 17.3. The van der Waals surface area contributed by atoms with Crippen molar-refractivity contribution >= 4 is 22.7 Å². The second kappa shape index (κ2) is 6.63. The van der Waals surface area contributed by atoms with E-state index < -0.39 is 11.9 Å². The number of carbonyl (C=O) groups is 2. The van der Waals surface area contributed by atoms with E-state index in [0.29, 0.717) is 5.56 Å². The highest BCUT2D eigenvalue weighted by molar-refractivity contribution is 6.03. The Morgan fingerprint density at radius 2 is 1.62 bits per heavy atom. The topological polar surface area (TPSA) is 79.2 Å². The van der Waals surface area contributed by atoms with Crippen molar-refractivity contribution in [1.29, 1.82) is 0 Å². The van der Waals surface area contributed by atoms with Crippen molar-refractivity contribution in [2.24, 2.45) is 5.73 Å². The van der Waals surface area contributed by atoms with Crippen molar-refractivity contribution in [2.75, 3.05) is 6.54 Å². The molecule has 0 aliphatic carbocycles. The number of primary amides is 1. The van der Waals surface area contributed by atoms with E-state index in [-0.39, 0.29) is 12.5 Å². The van der Waals surface area contributed by atoms with E-state index in [9.17, 15) is 9.59 Å². The summed E-state index contributed by atoms with van der Waals surface area (Å²) in [6, 6.07) is 25.2. The fourth-order valence-electron chi connectivity index (χ4n) is 4.29. The summed E-state index contributed by atoms with van der Waals surface area (Å²) in [7, 11) is 0. The molecule has 3 N–H and O–H groups in total. The summed E-state index contributed by atoms with van der Waals surface area (Å²) < 4.78 is 0. The van der Waals surface area contributed by atoms with Crippen LogP contribution < -0.4 is 5.73 Å². The lowest BCUT2D eigenvalue weighted by molar-refractivity contribution is -0.118. The SMILES string of the molecule is NC(=O)CN1C(=O)c2ccccc2[C@@H]1c1c(-c2ccccc2)[nH]c2ccccc12. The molecule has 1 aliphatic heterocycles. The average molecular weight is 381 g/mol. The molecule has 0 fully saturated rings. The largest absolute Gasteiger partial charge is 0.368 e. The monoisotopic (exact) mass is 381 g/mol. The number of benzene rings is 3. The number of amides is 2. The van der Waals surface area contributed by atoms with E-state index in [1.54, 1.807) is 4.90 Å². The van der Waals surface area contributed by atoms with Crippen LogP contribution in [0.25, 0.3) is 22.2 Å². The summed E-state index contributed by atoms with van der Waals surface area (Å²) in [6.45, 7) is -0.133. The number of nitrogens with one attached hydrogen (secondary N) is 1. The van der Waals surface area contributed by atoms with Gasteiger partial charge in [-0.1, -0.05) is 66.7 Å². The maximum atomic E-state index is 13.1. The average Bonchev–Trinajstić information content (AvgIpc) is 3.24. The van der Waals surface area contributed by atoms with Crippen LogP contribution in [0.4, 0.5) is 0 Å². The Hall–Kier alpha value is -3.86. The second-order valence-corrected chi connectivity index (χ2v) is 7.21. The van der Waals surface area contributed by atoms with Crippen LogP contribution in [0.3, 0.4) is 0 Å². The van der Waals surface area contributed by atoms with Gasteiger partial charge >= 0.3 is 0 Å². The molecule has 2 heterocycles. The first-order valence-corrected chi connectivity index (χ1v) is 9.49. The quantitative estimate of drug-likeness (QED) is 0.563. The first-order valence-electron chi connectivity index (χ1n) is 9.49. The third-order valence-corrected chi connectivity index (χ3v) is 5.47. The molecule has 1 aromatic heterocycles. The molecule has 1 aliphatic rings. The van der Waals surface area contributed by atoms with E-state index >= 15 is 0 Å². The Morgan fingerprint density at radius 1 is 0.931 bits per heavy atom. The van der Waals surface area contributed by atoms with Gasteiger partial charge in [0.2, 0.25) is 5.91 Å². The van der Waals surface area contributed by atoms with Crippen LogP contribution in [-0.2, 0) is 4.79 Å². The maximum Gasteiger partial charge on any atom is 0.255 e. The van der Waals surface area contributed by atoms with Gasteiger partial charge < -0.3 is 15.6 Å². The van der Waals surface area contributed by atoms with Crippen molar-refractivity contribution in [3.05, 3.63) is 95.6 Å². The van der Waals surface area contributed by atoms with Crippen LogP contribution in [0.15, 0.2) is 78.9 Å². The Morgan fingerprint density at radius 3 is 2.41 bits per heavy atom. The fourth-order valence-corrected chi connectivity index (χ4v) is 4.29. The number of aromatic amines is 1. The third kappa shape index (κ3) is 2.70. The molecule has 0 radical (unpaired) electrons. The van der Waals surface area contributed by atoms with Gasteiger partial charge in [0.1, 0.15) is 6.54 Å².